The molecule has 0 aliphatic carbocycles. The zero-order valence-corrected chi connectivity index (χ0v) is 19.5. The molecule has 2 aromatic carbocycles. The van der Waals surface area contributed by atoms with E-state index in [1.807, 2.05) is 43.3 Å². The van der Waals surface area contributed by atoms with Gasteiger partial charge >= 0.3 is 11.3 Å². The van der Waals surface area contributed by atoms with Crippen LogP contribution < -0.4 is 24.6 Å². The molecule has 1 N–H and O–H groups in total. The summed E-state index contributed by atoms with van der Waals surface area (Å²) in [5, 5.41) is 5.16. The number of methoxy groups -OCH3 is 1. The van der Waals surface area contributed by atoms with Crippen molar-refractivity contribution in [3.05, 3.63) is 71.0 Å². The number of carbonyl (C=O) groups excluding carboxylic acids is 1. The summed E-state index contributed by atoms with van der Waals surface area (Å²) in [6.45, 7) is 7.62. The summed E-state index contributed by atoms with van der Waals surface area (Å²) in [5.74, 6) is 1.53. The Hall–Kier alpha value is -3.59. The molecule has 2 heterocycles. The van der Waals surface area contributed by atoms with Crippen LogP contribution in [-0.2, 0) is 4.79 Å². The van der Waals surface area contributed by atoms with E-state index in [4.69, 9.17) is 14.6 Å². The van der Waals surface area contributed by atoms with Crippen LogP contribution in [0.5, 0.6) is 11.5 Å². The number of rotatable bonds is 7. The fourth-order valence-electron chi connectivity index (χ4n) is 3.94. The molecular weight excluding hydrogens is 440 g/mol. The van der Waals surface area contributed by atoms with E-state index in [1.165, 1.54) is 18.7 Å². The number of nitrogens with one attached hydrogen (secondary N) is 1. The number of thioether (sulfide) groups is 1. The second kappa shape index (κ2) is 9.50. The number of nitrogens with zero attached hydrogens (tertiary/aromatic N) is 3. The molecule has 0 unspecified atom stereocenters. The number of amides is 1. The molecule has 4 rings (SSSR count). The number of ether oxygens (including phenoxy) is 2. The van der Waals surface area contributed by atoms with E-state index in [0.717, 1.165) is 5.56 Å². The van der Waals surface area contributed by atoms with Crippen molar-refractivity contribution >= 4 is 23.4 Å². The maximum absolute atomic E-state index is 13.2. The van der Waals surface area contributed by atoms with Crippen molar-refractivity contribution in [2.24, 2.45) is 0 Å². The summed E-state index contributed by atoms with van der Waals surface area (Å²) in [6, 6.07) is 12.8. The summed E-state index contributed by atoms with van der Waals surface area (Å²) in [5.41, 5.74) is 2.10. The van der Waals surface area contributed by atoms with Crippen LogP contribution in [0.4, 0.5) is 5.69 Å². The van der Waals surface area contributed by atoms with E-state index < -0.39 is 6.17 Å². The molecule has 0 spiro atoms. The van der Waals surface area contributed by atoms with Crippen LogP contribution in [0.1, 0.15) is 25.6 Å². The van der Waals surface area contributed by atoms with E-state index in [9.17, 15) is 9.59 Å². The molecule has 1 aliphatic heterocycles. The standard InChI is InChI=1S/C24H24N4O4S/c1-5-13-33-24-25-22(30)21-17-9-7-8-10-18(17)27(15(3)29)23(28(21)26-24)16-11-12-19(32-6-2)20(14-16)31-4/h5,7-12,14,23H,1,6,13H2,2-4H3/p+1/t23-/m0/s1. The van der Waals surface area contributed by atoms with Gasteiger partial charge in [0.15, 0.2) is 11.5 Å². The monoisotopic (exact) mass is 465 g/mol. The van der Waals surface area contributed by atoms with E-state index in [2.05, 4.69) is 11.6 Å². The van der Waals surface area contributed by atoms with Crippen LogP contribution in [0.25, 0.3) is 11.3 Å². The van der Waals surface area contributed by atoms with Gasteiger partial charge in [0.2, 0.25) is 11.1 Å². The number of benzene rings is 2. The fourth-order valence-corrected chi connectivity index (χ4v) is 4.52. The normalized spacial score (nSPS) is 14.3. The number of anilines is 1. The number of H-pyrrole nitrogens is 1. The van der Waals surface area contributed by atoms with Crippen LogP contribution in [0.2, 0.25) is 0 Å². The van der Waals surface area contributed by atoms with Crippen molar-refractivity contribution in [1.82, 2.24) is 10.1 Å². The Morgan fingerprint density at radius 3 is 2.79 bits per heavy atom. The van der Waals surface area contributed by atoms with Gasteiger partial charge < -0.3 is 9.47 Å². The summed E-state index contributed by atoms with van der Waals surface area (Å²) in [6.07, 6.45) is 1.04. The van der Waals surface area contributed by atoms with Crippen molar-refractivity contribution in [1.29, 1.82) is 0 Å². The first kappa shape index (κ1) is 22.6. The van der Waals surface area contributed by atoms with Gasteiger partial charge in [-0.05, 0) is 41.9 Å². The van der Waals surface area contributed by atoms with E-state index in [-0.39, 0.29) is 11.5 Å². The highest BCUT2D eigenvalue weighted by Crippen LogP contribution is 2.39. The van der Waals surface area contributed by atoms with Crippen LogP contribution in [0, 0.1) is 0 Å². The van der Waals surface area contributed by atoms with Crippen LogP contribution >= 0.6 is 11.8 Å². The summed E-state index contributed by atoms with van der Waals surface area (Å²) < 4.78 is 12.8. The lowest BCUT2D eigenvalue weighted by Crippen LogP contribution is -2.60. The lowest BCUT2D eigenvalue weighted by atomic mass is 10.0. The molecule has 0 fully saturated rings. The minimum Gasteiger partial charge on any atom is -0.493 e. The second-order valence-electron chi connectivity index (χ2n) is 7.28. The molecule has 1 atom stereocenters. The molecule has 0 saturated carbocycles. The molecule has 0 saturated heterocycles. The van der Waals surface area contributed by atoms with Gasteiger partial charge in [0.25, 0.3) is 6.17 Å². The molecule has 1 aliphatic rings. The first-order chi connectivity index (χ1) is 16.0. The SMILES string of the molecule is C=CCSc1n[n+]2c(c(=O)[nH]1)-c1ccccc1N(C(C)=O)[C@@H]2c1ccc(OCC)c(OC)c1. The number of aromatic amines is 1. The molecule has 3 aromatic rings. The average molecular weight is 466 g/mol. The maximum Gasteiger partial charge on any atom is 0.325 e. The second-order valence-corrected chi connectivity index (χ2v) is 8.28. The van der Waals surface area contributed by atoms with E-state index in [1.54, 1.807) is 28.8 Å². The van der Waals surface area contributed by atoms with Crippen molar-refractivity contribution in [3.8, 4) is 22.8 Å². The molecule has 1 amide bonds. The van der Waals surface area contributed by atoms with Crippen molar-refractivity contribution in [2.45, 2.75) is 25.2 Å². The number of fused-ring (bicyclic) bond motifs is 3. The Bertz CT molecular complexity index is 1270. The molecule has 0 bridgehead atoms. The number of hydrogen-bond acceptors (Lipinski definition) is 6. The Morgan fingerprint density at radius 1 is 1.30 bits per heavy atom. The smallest absolute Gasteiger partial charge is 0.325 e. The summed E-state index contributed by atoms with van der Waals surface area (Å²) in [7, 11) is 1.56. The summed E-state index contributed by atoms with van der Waals surface area (Å²) in [4.78, 5) is 30.7. The van der Waals surface area contributed by atoms with Gasteiger partial charge in [0.1, 0.15) is 0 Å². The third-order valence-electron chi connectivity index (χ3n) is 5.22. The van der Waals surface area contributed by atoms with Crippen molar-refractivity contribution in [3.63, 3.8) is 0 Å². The first-order valence-electron chi connectivity index (χ1n) is 10.5. The maximum atomic E-state index is 13.2. The van der Waals surface area contributed by atoms with Gasteiger partial charge in [-0.15, -0.1) is 6.58 Å². The quantitative estimate of drug-likeness (QED) is 0.327. The topological polar surface area (TPSA) is 88.4 Å². The van der Waals surface area contributed by atoms with Gasteiger partial charge in [-0.2, -0.15) is 0 Å². The highest BCUT2D eigenvalue weighted by molar-refractivity contribution is 7.99. The van der Waals surface area contributed by atoms with Crippen LogP contribution in [0.15, 0.2) is 65.1 Å². The van der Waals surface area contributed by atoms with Crippen LogP contribution in [-0.4, -0.2) is 35.5 Å². The lowest BCUT2D eigenvalue weighted by molar-refractivity contribution is -0.763. The number of para-hydroxylation sites is 1. The minimum absolute atomic E-state index is 0.180. The Balaban J connectivity index is 2.00. The first-order valence-corrected chi connectivity index (χ1v) is 11.5. The van der Waals surface area contributed by atoms with Gasteiger partial charge in [-0.25, -0.2) is 4.90 Å². The van der Waals surface area contributed by atoms with E-state index >= 15 is 0 Å². The highest BCUT2D eigenvalue weighted by atomic mass is 32.2. The number of hydrogen-bond donors (Lipinski definition) is 1. The van der Waals surface area contributed by atoms with Crippen molar-refractivity contribution in [2.75, 3.05) is 24.4 Å². The lowest BCUT2D eigenvalue weighted by Gasteiger charge is -2.31. The molecular formula is C24H25N4O4S+. The minimum atomic E-state index is -0.692. The average Bonchev–Trinajstić information content (AvgIpc) is 2.81. The number of aromatic nitrogens is 3. The molecule has 1 aromatic heterocycles. The third-order valence-corrected chi connectivity index (χ3v) is 6.08. The predicted molar refractivity (Wildman–Crippen MR) is 127 cm³/mol. The zero-order valence-electron chi connectivity index (χ0n) is 18.7. The van der Waals surface area contributed by atoms with Gasteiger partial charge in [0.05, 0.1) is 25.0 Å². The highest BCUT2D eigenvalue weighted by Gasteiger charge is 2.45. The zero-order chi connectivity index (χ0) is 23.5. The Kier molecular flexibility index (Phi) is 6.50. The van der Waals surface area contributed by atoms with Gasteiger partial charge in [-0.3, -0.25) is 14.6 Å². The fraction of sp³-hybridized carbons (Fsp3) is 0.250. The Morgan fingerprint density at radius 2 is 2.09 bits per heavy atom. The molecule has 33 heavy (non-hydrogen) atoms. The molecule has 0 radical (unpaired) electrons. The Labute approximate surface area is 195 Å². The molecule has 9 heteroatoms. The van der Waals surface area contributed by atoms with Crippen LogP contribution in [0.3, 0.4) is 0 Å². The summed E-state index contributed by atoms with van der Waals surface area (Å²) >= 11 is 1.36. The largest absolute Gasteiger partial charge is 0.493 e. The number of carbonyl (C=O) groups is 1. The predicted octanol–water partition coefficient (Wildman–Crippen LogP) is 3.32. The molecule has 8 nitrogen and oxygen atoms in total. The van der Waals surface area contributed by atoms with Crippen molar-refractivity contribution < 1.29 is 19.0 Å². The van der Waals surface area contributed by atoms with E-state index in [0.29, 0.717) is 46.0 Å². The van der Waals surface area contributed by atoms with Gasteiger partial charge in [-0.1, -0.05) is 30.0 Å². The van der Waals surface area contributed by atoms with Gasteiger partial charge in [0, 0.05) is 23.3 Å². The third kappa shape index (κ3) is 4.11. The molecule has 170 valence electrons.